The number of halogens is 1. The molecule has 0 aliphatic heterocycles. The summed E-state index contributed by atoms with van der Waals surface area (Å²) >= 11 is 5.95. The third-order valence-corrected chi connectivity index (χ3v) is 3.83. The van der Waals surface area contributed by atoms with Gasteiger partial charge in [-0.15, -0.1) is 11.6 Å². The summed E-state index contributed by atoms with van der Waals surface area (Å²) in [6, 6.07) is 6.30. The first-order chi connectivity index (χ1) is 10.3. The van der Waals surface area contributed by atoms with Gasteiger partial charge in [-0.1, -0.05) is 19.4 Å². The maximum atomic E-state index is 5.95. The van der Waals surface area contributed by atoms with E-state index in [2.05, 4.69) is 17.6 Å². The molecule has 0 aliphatic carbocycles. The number of alkyl halides is 1. The first kappa shape index (κ1) is 16.1. The Balaban J connectivity index is 2.59. The van der Waals surface area contributed by atoms with Crippen LogP contribution in [0.5, 0.6) is 5.75 Å². The van der Waals surface area contributed by atoms with Crippen molar-refractivity contribution in [3.8, 4) is 5.75 Å². The fourth-order valence-corrected chi connectivity index (χ4v) is 2.95. The van der Waals surface area contributed by atoms with E-state index in [1.807, 2.05) is 12.1 Å². The van der Waals surface area contributed by atoms with E-state index >= 15 is 0 Å². The lowest BCUT2D eigenvalue weighted by atomic mass is 10.1. The van der Waals surface area contributed by atoms with Crippen molar-refractivity contribution < 1.29 is 9.47 Å². The molecule has 1 atom stereocenters. The molecule has 0 bridgehead atoms. The van der Waals surface area contributed by atoms with Gasteiger partial charge in [0, 0.05) is 19.4 Å². The lowest BCUT2D eigenvalue weighted by Crippen LogP contribution is -2.17. The van der Waals surface area contributed by atoms with Gasteiger partial charge in [0.15, 0.2) is 0 Å². The molecule has 5 heteroatoms. The highest BCUT2D eigenvalue weighted by Gasteiger charge is 2.20. The molecule has 2 aromatic rings. The van der Waals surface area contributed by atoms with Gasteiger partial charge in [0.25, 0.3) is 0 Å². The molecular formula is C16H23ClN2O2. The fourth-order valence-electron chi connectivity index (χ4n) is 2.79. The van der Waals surface area contributed by atoms with Crippen molar-refractivity contribution in [2.24, 2.45) is 0 Å². The molecule has 1 unspecified atom stereocenters. The van der Waals surface area contributed by atoms with Crippen LogP contribution in [0.4, 0.5) is 0 Å². The number of fused-ring (bicyclic) bond motifs is 1. The van der Waals surface area contributed by atoms with E-state index in [0.717, 1.165) is 41.9 Å². The molecule has 21 heavy (non-hydrogen) atoms. The van der Waals surface area contributed by atoms with Crippen molar-refractivity contribution in [3.63, 3.8) is 0 Å². The zero-order valence-electron chi connectivity index (χ0n) is 12.9. The number of para-hydroxylation sites is 1. The van der Waals surface area contributed by atoms with Gasteiger partial charge in [-0.3, -0.25) is 0 Å². The van der Waals surface area contributed by atoms with Gasteiger partial charge in [-0.2, -0.15) is 0 Å². The quantitative estimate of drug-likeness (QED) is 0.696. The number of hydrogen-bond donors (Lipinski definition) is 0. The number of ether oxygens (including phenoxy) is 2. The van der Waals surface area contributed by atoms with Gasteiger partial charge in [-0.05, 0) is 18.6 Å². The summed E-state index contributed by atoms with van der Waals surface area (Å²) in [5, 5.41) is 0. The van der Waals surface area contributed by atoms with Crippen LogP contribution in [0.3, 0.4) is 0 Å². The van der Waals surface area contributed by atoms with E-state index in [1.54, 1.807) is 14.2 Å². The SMILES string of the molecule is CCCC(COC)n1c(CCCl)nc2c(OC)cccc21. The molecular weight excluding hydrogens is 288 g/mol. The van der Waals surface area contributed by atoms with Crippen LogP contribution in [0.25, 0.3) is 11.0 Å². The number of aryl methyl sites for hydroxylation is 1. The molecule has 0 saturated carbocycles. The molecule has 2 rings (SSSR count). The second kappa shape index (κ2) is 7.66. The van der Waals surface area contributed by atoms with Crippen LogP contribution in [-0.2, 0) is 11.2 Å². The smallest absolute Gasteiger partial charge is 0.146 e. The van der Waals surface area contributed by atoms with Crippen LogP contribution in [0.15, 0.2) is 18.2 Å². The lowest BCUT2D eigenvalue weighted by molar-refractivity contribution is 0.151. The molecule has 1 aromatic carbocycles. The van der Waals surface area contributed by atoms with Crippen LogP contribution in [-0.4, -0.2) is 36.3 Å². The second-order valence-electron chi connectivity index (χ2n) is 5.06. The van der Waals surface area contributed by atoms with Crippen molar-refractivity contribution in [3.05, 3.63) is 24.0 Å². The summed E-state index contributed by atoms with van der Waals surface area (Å²) in [7, 11) is 3.41. The van der Waals surface area contributed by atoms with Gasteiger partial charge in [0.05, 0.1) is 25.3 Å². The molecule has 0 fully saturated rings. The van der Waals surface area contributed by atoms with Gasteiger partial charge in [0.2, 0.25) is 0 Å². The Morgan fingerprint density at radius 1 is 1.33 bits per heavy atom. The molecule has 116 valence electrons. The molecule has 0 amide bonds. The van der Waals surface area contributed by atoms with Crippen LogP contribution in [0.2, 0.25) is 0 Å². The molecule has 4 nitrogen and oxygen atoms in total. The molecule has 0 spiro atoms. The largest absolute Gasteiger partial charge is 0.494 e. The first-order valence-electron chi connectivity index (χ1n) is 7.35. The number of rotatable bonds is 8. The van der Waals surface area contributed by atoms with Gasteiger partial charge in [-0.25, -0.2) is 4.98 Å². The van der Waals surface area contributed by atoms with Crippen molar-refractivity contribution in [1.82, 2.24) is 9.55 Å². The highest BCUT2D eigenvalue weighted by Crippen LogP contribution is 2.30. The minimum atomic E-state index is 0.273. The molecule has 0 saturated heterocycles. The predicted octanol–water partition coefficient (Wildman–Crippen LogP) is 3.81. The Morgan fingerprint density at radius 2 is 2.14 bits per heavy atom. The van der Waals surface area contributed by atoms with Gasteiger partial charge in [0.1, 0.15) is 17.1 Å². The van der Waals surface area contributed by atoms with Crippen molar-refractivity contribution >= 4 is 22.6 Å². The molecule has 1 aromatic heterocycles. The standard InChI is InChI=1S/C16H23ClN2O2/c1-4-6-12(11-20-2)19-13-7-5-8-14(21-3)16(13)18-15(19)9-10-17/h5,7-8,12H,4,6,9-11H2,1-3H3. The number of imidazole rings is 1. The summed E-state index contributed by atoms with van der Waals surface area (Å²) in [6.07, 6.45) is 2.88. The van der Waals surface area contributed by atoms with Crippen LogP contribution in [0, 0.1) is 0 Å². The highest BCUT2D eigenvalue weighted by atomic mass is 35.5. The molecule has 0 radical (unpaired) electrons. The monoisotopic (exact) mass is 310 g/mol. The zero-order valence-corrected chi connectivity index (χ0v) is 13.7. The summed E-state index contributed by atoms with van der Waals surface area (Å²) < 4.78 is 13.1. The lowest BCUT2D eigenvalue weighted by Gasteiger charge is -2.20. The molecule has 0 N–H and O–H groups in total. The van der Waals surface area contributed by atoms with E-state index in [-0.39, 0.29) is 6.04 Å². The third kappa shape index (κ3) is 3.33. The van der Waals surface area contributed by atoms with Crippen LogP contribution < -0.4 is 4.74 Å². The minimum Gasteiger partial charge on any atom is -0.494 e. The normalized spacial score (nSPS) is 12.8. The Labute approximate surface area is 131 Å². The third-order valence-electron chi connectivity index (χ3n) is 3.64. The summed E-state index contributed by atoms with van der Waals surface area (Å²) in [5.74, 6) is 2.35. The molecule has 1 heterocycles. The van der Waals surface area contributed by atoms with Crippen LogP contribution in [0.1, 0.15) is 31.6 Å². The number of aromatic nitrogens is 2. The molecule has 0 aliphatic rings. The highest BCUT2D eigenvalue weighted by molar-refractivity contribution is 6.17. The van der Waals surface area contributed by atoms with E-state index in [4.69, 9.17) is 26.1 Å². The first-order valence-corrected chi connectivity index (χ1v) is 7.88. The van der Waals surface area contributed by atoms with E-state index in [1.165, 1.54) is 0 Å². The van der Waals surface area contributed by atoms with Crippen molar-refractivity contribution in [2.45, 2.75) is 32.2 Å². The second-order valence-corrected chi connectivity index (χ2v) is 5.44. The Morgan fingerprint density at radius 3 is 2.76 bits per heavy atom. The summed E-state index contributed by atoms with van der Waals surface area (Å²) in [5.41, 5.74) is 1.99. The average Bonchev–Trinajstić information content (AvgIpc) is 2.85. The predicted molar refractivity (Wildman–Crippen MR) is 86.5 cm³/mol. The van der Waals surface area contributed by atoms with E-state index < -0.39 is 0 Å². The number of benzene rings is 1. The zero-order chi connectivity index (χ0) is 15.2. The Bertz CT molecular complexity index is 577. The van der Waals surface area contributed by atoms with Crippen LogP contribution >= 0.6 is 11.6 Å². The Hall–Kier alpha value is -1.26. The summed E-state index contributed by atoms with van der Waals surface area (Å²) in [6.45, 7) is 2.86. The number of methoxy groups -OCH3 is 2. The topological polar surface area (TPSA) is 36.3 Å². The maximum absolute atomic E-state index is 5.95. The van der Waals surface area contributed by atoms with E-state index in [9.17, 15) is 0 Å². The van der Waals surface area contributed by atoms with E-state index in [0.29, 0.717) is 12.5 Å². The number of nitrogens with zero attached hydrogens (tertiary/aromatic N) is 2. The van der Waals surface area contributed by atoms with Crippen molar-refractivity contribution in [2.75, 3.05) is 26.7 Å². The summed E-state index contributed by atoms with van der Waals surface area (Å²) in [4.78, 5) is 4.76. The van der Waals surface area contributed by atoms with Gasteiger partial charge < -0.3 is 14.0 Å². The Kier molecular flexibility index (Phi) is 5.88. The maximum Gasteiger partial charge on any atom is 0.146 e. The van der Waals surface area contributed by atoms with Gasteiger partial charge >= 0.3 is 0 Å². The number of hydrogen-bond acceptors (Lipinski definition) is 3. The van der Waals surface area contributed by atoms with Crippen molar-refractivity contribution in [1.29, 1.82) is 0 Å². The average molecular weight is 311 g/mol. The minimum absolute atomic E-state index is 0.273. The fraction of sp³-hybridized carbons (Fsp3) is 0.562.